The van der Waals surface area contributed by atoms with Crippen LogP contribution in [0.1, 0.15) is 24.8 Å². The van der Waals surface area contributed by atoms with Crippen LogP contribution >= 0.6 is 0 Å². The number of likely N-dealkylation sites (tertiary alicyclic amines) is 1. The van der Waals surface area contributed by atoms with Crippen molar-refractivity contribution >= 4 is 11.8 Å². The van der Waals surface area contributed by atoms with Gasteiger partial charge in [0.25, 0.3) is 0 Å². The number of piperidine rings is 1. The van der Waals surface area contributed by atoms with Gasteiger partial charge in [0.15, 0.2) is 11.5 Å². The predicted octanol–water partition coefficient (Wildman–Crippen LogP) is 1.39. The fraction of sp³-hybridized carbons (Fsp3) is 0.500. The summed E-state index contributed by atoms with van der Waals surface area (Å²) in [4.78, 5) is 27.3. The summed E-state index contributed by atoms with van der Waals surface area (Å²) in [5.74, 6) is 1.48. The number of benzene rings is 1. The van der Waals surface area contributed by atoms with Gasteiger partial charge in [0, 0.05) is 26.6 Å². The number of nitrogens with zero attached hydrogens (tertiary/aromatic N) is 2. The van der Waals surface area contributed by atoms with E-state index in [2.05, 4.69) is 0 Å². The van der Waals surface area contributed by atoms with Crippen LogP contribution in [0.4, 0.5) is 0 Å². The largest absolute Gasteiger partial charge is 0.454 e. The maximum absolute atomic E-state index is 12.3. The number of amides is 2. The van der Waals surface area contributed by atoms with E-state index in [0.29, 0.717) is 25.3 Å². The molecule has 1 aromatic carbocycles. The van der Waals surface area contributed by atoms with Gasteiger partial charge in [-0.05, 0) is 30.5 Å². The molecule has 3 rings (SSSR count). The van der Waals surface area contributed by atoms with E-state index in [1.807, 2.05) is 18.2 Å². The quantitative estimate of drug-likeness (QED) is 0.843. The lowest BCUT2D eigenvalue weighted by Gasteiger charge is -2.28. The van der Waals surface area contributed by atoms with Crippen molar-refractivity contribution in [1.82, 2.24) is 9.80 Å². The number of ether oxygens (including phenoxy) is 2. The van der Waals surface area contributed by atoms with E-state index in [1.165, 1.54) is 0 Å². The maximum Gasteiger partial charge on any atom is 0.242 e. The number of hydrogen-bond donors (Lipinski definition) is 0. The third-order valence-electron chi connectivity index (χ3n) is 4.03. The summed E-state index contributed by atoms with van der Waals surface area (Å²) < 4.78 is 10.6. The molecular weight excluding hydrogens is 284 g/mol. The minimum Gasteiger partial charge on any atom is -0.454 e. The Morgan fingerprint density at radius 1 is 1.27 bits per heavy atom. The van der Waals surface area contributed by atoms with Crippen LogP contribution in [0.15, 0.2) is 18.2 Å². The van der Waals surface area contributed by atoms with E-state index in [0.717, 1.165) is 24.2 Å². The van der Waals surface area contributed by atoms with E-state index in [1.54, 1.807) is 16.8 Å². The fourth-order valence-electron chi connectivity index (χ4n) is 2.71. The summed E-state index contributed by atoms with van der Waals surface area (Å²) in [7, 11) is 1.75. The highest BCUT2D eigenvalue weighted by atomic mass is 16.7. The lowest BCUT2D eigenvalue weighted by Crippen LogP contribution is -2.43. The average Bonchev–Trinajstić information content (AvgIpc) is 2.97. The van der Waals surface area contributed by atoms with Crippen LogP contribution in [-0.4, -0.2) is 48.5 Å². The van der Waals surface area contributed by atoms with Crippen LogP contribution in [0, 0.1) is 0 Å². The monoisotopic (exact) mass is 304 g/mol. The second-order valence-electron chi connectivity index (χ2n) is 5.71. The van der Waals surface area contributed by atoms with Crippen LogP contribution in [-0.2, 0) is 16.1 Å². The molecule has 2 aliphatic heterocycles. The molecule has 2 aliphatic rings. The Morgan fingerprint density at radius 3 is 2.91 bits per heavy atom. The molecule has 6 nitrogen and oxygen atoms in total. The Morgan fingerprint density at radius 2 is 2.09 bits per heavy atom. The van der Waals surface area contributed by atoms with Crippen LogP contribution < -0.4 is 9.47 Å². The Balaban J connectivity index is 1.58. The van der Waals surface area contributed by atoms with Crippen LogP contribution in [0.25, 0.3) is 0 Å². The highest BCUT2D eigenvalue weighted by Crippen LogP contribution is 2.32. The van der Waals surface area contributed by atoms with Crippen molar-refractivity contribution in [2.75, 3.05) is 26.9 Å². The highest BCUT2D eigenvalue weighted by Gasteiger charge is 2.22. The smallest absolute Gasteiger partial charge is 0.242 e. The zero-order chi connectivity index (χ0) is 15.5. The first-order valence-corrected chi connectivity index (χ1v) is 7.54. The van der Waals surface area contributed by atoms with Gasteiger partial charge in [-0.25, -0.2) is 0 Å². The van der Waals surface area contributed by atoms with E-state index in [-0.39, 0.29) is 25.2 Å². The van der Waals surface area contributed by atoms with Crippen molar-refractivity contribution in [3.63, 3.8) is 0 Å². The van der Waals surface area contributed by atoms with Gasteiger partial charge in [0.05, 0.1) is 6.54 Å². The van der Waals surface area contributed by atoms with Crippen molar-refractivity contribution in [3.8, 4) is 11.5 Å². The lowest BCUT2D eigenvalue weighted by atomic mass is 10.1. The summed E-state index contributed by atoms with van der Waals surface area (Å²) in [5.41, 5.74) is 0.977. The zero-order valence-electron chi connectivity index (χ0n) is 12.7. The molecule has 22 heavy (non-hydrogen) atoms. The molecule has 0 bridgehead atoms. The molecule has 2 heterocycles. The molecule has 0 aliphatic carbocycles. The molecule has 118 valence electrons. The van der Waals surface area contributed by atoms with Crippen molar-refractivity contribution in [2.24, 2.45) is 0 Å². The summed E-state index contributed by atoms with van der Waals surface area (Å²) in [5, 5.41) is 0. The van der Waals surface area contributed by atoms with E-state index >= 15 is 0 Å². The number of hydrogen-bond acceptors (Lipinski definition) is 4. The Labute approximate surface area is 129 Å². The molecule has 1 saturated heterocycles. The normalized spacial score (nSPS) is 16.8. The molecular formula is C16H20N2O4. The number of likely N-dealkylation sites (N-methyl/N-ethyl adjacent to an activating group) is 1. The minimum atomic E-state index is -0.0482. The van der Waals surface area contributed by atoms with Crippen molar-refractivity contribution in [2.45, 2.75) is 25.8 Å². The third kappa shape index (κ3) is 3.16. The van der Waals surface area contributed by atoms with Gasteiger partial charge in [0.1, 0.15) is 0 Å². The van der Waals surface area contributed by atoms with Gasteiger partial charge in [-0.2, -0.15) is 0 Å². The molecule has 1 aromatic rings. The van der Waals surface area contributed by atoms with Crippen LogP contribution in [0.2, 0.25) is 0 Å². The predicted molar refractivity (Wildman–Crippen MR) is 79.5 cm³/mol. The number of carbonyl (C=O) groups is 2. The second-order valence-corrected chi connectivity index (χ2v) is 5.71. The Bertz CT molecular complexity index is 588. The summed E-state index contributed by atoms with van der Waals surface area (Å²) in [6.45, 7) is 1.57. The van der Waals surface area contributed by atoms with Crippen LogP contribution in [0.3, 0.4) is 0 Å². The second kappa shape index (κ2) is 6.25. The molecule has 0 atom stereocenters. The number of carbonyl (C=O) groups excluding carboxylic acids is 2. The van der Waals surface area contributed by atoms with Gasteiger partial charge < -0.3 is 19.3 Å². The summed E-state index contributed by atoms with van der Waals surface area (Å²) >= 11 is 0. The van der Waals surface area contributed by atoms with Crippen molar-refractivity contribution in [1.29, 1.82) is 0 Å². The van der Waals surface area contributed by atoms with Crippen molar-refractivity contribution < 1.29 is 19.1 Å². The van der Waals surface area contributed by atoms with Gasteiger partial charge in [-0.3, -0.25) is 9.59 Å². The topological polar surface area (TPSA) is 59.1 Å². The van der Waals surface area contributed by atoms with Gasteiger partial charge in [0.2, 0.25) is 18.6 Å². The first-order chi connectivity index (χ1) is 10.6. The number of rotatable bonds is 4. The summed E-state index contributed by atoms with van der Waals surface area (Å²) in [6, 6.07) is 5.66. The molecule has 6 heteroatoms. The molecule has 0 aromatic heterocycles. The Kier molecular flexibility index (Phi) is 4.18. The third-order valence-corrected chi connectivity index (χ3v) is 4.03. The molecule has 0 radical (unpaired) electrons. The van der Waals surface area contributed by atoms with E-state index in [9.17, 15) is 9.59 Å². The number of fused-ring (bicyclic) bond motifs is 1. The minimum absolute atomic E-state index is 0.0482. The molecule has 2 amide bonds. The van der Waals surface area contributed by atoms with Crippen molar-refractivity contribution in [3.05, 3.63) is 23.8 Å². The highest BCUT2D eigenvalue weighted by molar-refractivity contribution is 5.85. The molecule has 0 N–H and O–H groups in total. The Hall–Kier alpha value is -2.24. The standard InChI is InChI=1S/C16H20N2O4/c1-17(16(20)10-18-7-3-2-4-15(18)19)9-12-5-6-13-14(8-12)22-11-21-13/h5-6,8H,2-4,7,9-11H2,1H3. The molecule has 0 unspecified atom stereocenters. The van der Waals surface area contributed by atoms with Gasteiger partial charge in [-0.15, -0.1) is 0 Å². The molecule has 0 spiro atoms. The SMILES string of the molecule is CN(Cc1ccc2c(c1)OCO2)C(=O)CN1CCCCC1=O. The van der Waals surface area contributed by atoms with E-state index in [4.69, 9.17) is 9.47 Å². The summed E-state index contributed by atoms with van der Waals surface area (Å²) in [6.07, 6.45) is 2.46. The fourth-order valence-corrected chi connectivity index (χ4v) is 2.71. The van der Waals surface area contributed by atoms with Gasteiger partial charge >= 0.3 is 0 Å². The first kappa shape index (κ1) is 14.7. The lowest BCUT2D eigenvalue weighted by molar-refractivity contribution is -0.141. The van der Waals surface area contributed by atoms with Gasteiger partial charge in [-0.1, -0.05) is 6.07 Å². The zero-order valence-corrected chi connectivity index (χ0v) is 12.7. The average molecular weight is 304 g/mol. The maximum atomic E-state index is 12.3. The molecule has 1 fully saturated rings. The van der Waals surface area contributed by atoms with E-state index < -0.39 is 0 Å². The first-order valence-electron chi connectivity index (χ1n) is 7.54. The van der Waals surface area contributed by atoms with Crippen LogP contribution in [0.5, 0.6) is 11.5 Å². The molecule has 0 saturated carbocycles.